The van der Waals surface area contributed by atoms with Crippen LogP contribution in [-0.4, -0.2) is 51.4 Å². The molecule has 1 aliphatic rings. The summed E-state index contributed by atoms with van der Waals surface area (Å²) >= 11 is 12.6. The lowest BCUT2D eigenvalue weighted by Crippen LogP contribution is -2.41. The van der Waals surface area contributed by atoms with Crippen LogP contribution in [0.5, 0.6) is 0 Å². The first-order valence-electron chi connectivity index (χ1n) is 8.86. The van der Waals surface area contributed by atoms with Gasteiger partial charge < -0.3 is 9.64 Å². The van der Waals surface area contributed by atoms with Gasteiger partial charge in [0.25, 0.3) is 5.91 Å². The van der Waals surface area contributed by atoms with Gasteiger partial charge in [0.15, 0.2) is 0 Å². The lowest BCUT2D eigenvalue weighted by atomic mass is 10.1. The molecule has 0 bridgehead atoms. The van der Waals surface area contributed by atoms with Gasteiger partial charge in [0.2, 0.25) is 5.82 Å². The molecule has 3 rings (SSSR count). The molecule has 0 unspecified atom stereocenters. The Bertz CT molecular complexity index is 765. The van der Waals surface area contributed by atoms with Gasteiger partial charge in [-0.15, -0.1) is 5.10 Å². The lowest BCUT2D eigenvalue weighted by Gasteiger charge is -2.30. The van der Waals surface area contributed by atoms with Crippen molar-refractivity contribution in [1.82, 2.24) is 19.7 Å². The van der Waals surface area contributed by atoms with E-state index in [1.54, 1.807) is 27.8 Å². The van der Waals surface area contributed by atoms with Gasteiger partial charge in [0, 0.05) is 26.1 Å². The number of benzene rings is 1. The minimum atomic E-state index is -0.170. The third-order valence-corrected chi connectivity index (χ3v) is 5.07. The van der Waals surface area contributed by atoms with Crippen LogP contribution in [0.25, 0.3) is 5.69 Å². The normalized spacial score (nSPS) is 15.5. The van der Waals surface area contributed by atoms with Gasteiger partial charge in [0.05, 0.1) is 16.1 Å². The van der Waals surface area contributed by atoms with Crippen molar-refractivity contribution in [3.05, 3.63) is 39.9 Å². The van der Waals surface area contributed by atoms with E-state index in [0.717, 1.165) is 12.8 Å². The Hall–Kier alpha value is -1.63. The standard InChI is InChI=1S/C18H22Cl2N4O2/c1-3-15-21-17(18(25)23-10-8-12(9-11-23)26-4-2)22-24(15)16-13(19)6-5-7-14(16)20/h5-7,12H,3-4,8-11H2,1-2H3. The van der Waals surface area contributed by atoms with E-state index in [1.807, 2.05) is 13.8 Å². The quantitative estimate of drug-likeness (QED) is 0.771. The molecule has 2 heterocycles. The Morgan fingerprint density at radius 3 is 2.46 bits per heavy atom. The topological polar surface area (TPSA) is 60.2 Å². The number of hydrogen-bond donors (Lipinski definition) is 0. The molecule has 0 atom stereocenters. The van der Waals surface area contributed by atoms with Crippen LogP contribution in [-0.2, 0) is 11.2 Å². The van der Waals surface area contributed by atoms with Crippen LogP contribution in [0.3, 0.4) is 0 Å². The fourth-order valence-electron chi connectivity index (χ4n) is 3.14. The Labute approximate surface area is 163 Å². The molecule has 140 valence electrons. The number of halogens is 2. The van der Waals surface area contributed by atoms with Crippen molar-refractivity contribution >= 4 is 29.1 Å². The highest BCUT2D eigenvalue weighted by molar-refractivity contribution is 6.37. The van der Waals surface area contributed by atoms with Crippen molar-refractivity contribution in [2.75, 3.05) is 19.7 Å². The van der Waals surface area contributed by atoms with Gasteiger partial charge in [-0.3, -0.25) is 4.79 Å². The second-order valence-corrected chi connectivity index (χ2v) is 6.95. The molecule has 1 aromatic heterocycles. The highest BCUT2D eigenvalue weighted by atomic mass is 35.5. The van der Waals surface area contributed by atoms with Crippen molar-refractivity contribution in [3.8, 4) is 5.69 Å². The molecule has 6 nitrogen and oxygen atoms in total. The summed E-state index contributed by atoms with van der Waals surface area (Å²) in [6, 6.07) is 5.25. The monoisotopic (exact) mass is 396 g/mol. The largest absolute Gasteiger partial charge is 0.378 e. The van der Waals surface area contributed by atoms with Crippen LogP contribution in [0.2, 0.25) is 10.0 Å². The van der Waals surface area contributed by atoms with E-state index in [1.165, 1.54) is 0 Å². The number of hydrogen-bond acceptors (Lipinski definition) is 4. The Balaban J connectivity index is 1.84. The molecule has 1 fully saturated rings. The maximum absolute atomic E-state index is 12.8. The van der Waals surface area contributed by atoms with E-state index < -0.39 is 0 Å². The second-order valence-electron chi connectivity index (χ2n) is 6.13. The summed E-state index contributed by atoms with van der Waals surface area (Å²) in [5.41, 5.74) is 0.550. The number of carbonyl (C=O) groups is 1. The minimum Gasteiger partial charge on any atom is -0.378 e. The number of carbonyl (C=O) groups excluding carboxylic acids is 1. The van der Waals surface area contributed by atoms with Gasteiger partial charge in [-0.2, -0.15) is 0 Å². The molecule has 1 saturated heterocycles. The molecule has 0 aliphatic carbocycles. The Morgan fingerprint density at radius 1 is 1.23 bits per heavy atom. The third-order valence-electron chi connectivity index (χ3n) is 4.46. The summed E-state index contributed by atoms with van der Waals surface area (Å²) in [4.78, 5) is 19.0. The fourth-order valence-corrected chi connectivity index (χ4v) is 3.69. The summed E-state index contributed by atoms with van der Waals surface area (Å²) in [6.45, 7) is 5.93. The van der Waals surface area contributed by atoms with Crippen molar-refractivity contribution in [2.45, 2.75) is 39.2 Å². The zero-order chi connectivity index (χ0) is 18.7. The first kappa shape index (κ1) is 19.1. The molecule has 0 saturated carbocycles. The van der Waals surface area contributed by atoms with Crippen LogP contribution in [0.4, 0.5) is 0 Å². The summed E-state index contributed by atoms with van der Waals surface area (Å²) in [7, 11) is 0. The molecule has 8 heteroatoms. The van der Waals surface area contributed by atoms with E-state index in [0.29, 0.717) is 47.7 Å². The van der Waals surface area contributed by atoms with Crippen LogP contribution >= 0.6 is 23.2 Å². The smallest absolute Gasteiger partial charge is 0.293 e. The van der Waals surface area contributed by atoms with Crippen LogP contribution < -0.4 is 0 Å². The summed E-state index contributed by atoms with van der Waals surface area (Å²) in [5, 5.41) is 5.35. The number of aromatic nitrogens is 3. The van der Waals surface area contributed by atoms with Crippen molar-refractivity contribution in [1.29, 1.82) is 0 Å². The van der Waals surface area contributed by atoms with Crippen molar-refractivity contribution < 1.29 is 9.53 Å². The van der Waals surface area contributed by atoms with E-state index >= 15 is 0 Å². The molecular weight excluding hydrogens is 375 g/mol. The highest BCUT2D eigenvalue weighted by Gasteiger charge is 2.27. The van der Waals surface area contributed by atoms with E-state index in [2.05, 4.69) is 10.1 Å². The number of amides is 1. The lowest BCUT2D eigenvalue weighted by molar-refractivity contribution is 0.0142. The molecule has 1 aromatic carbocycles. The van der Waals surface area contributed by atoms with Gasteiger partial charge in [-0.05, 0) is 31.9 Å². The van der Waals surface area contributed by atoms with Gasteiger partial charge in [-0.25, -0.2) is 9.67 Å². The zero-order valence-electron chi connectivity index (χ0n) is 14.9. The van der Waals surface area contributed by atoms with Gasteiger partial charge in [-0.1, -0.05) is 36.2 Å². The maximum Gasteiger partial charge on any atom is 0.293 e. The Kier molecular flexibility index (Phi) is 6.16. The number of ether oxygens (including phenoxy) is 1. The summed E-state index contributed by atoms with van der Waals surface area (Å²) in [5.74, 6) is 0.650. The third kappa shape index (κ3) is 3.87. The average molecular weight is 397 g/mol. The molecule has 2 aromatic rings. The van der Waals surface area contributed by atoms with Crippen LogP contribution in [0.1, 0.15) is 43.1 Å². The minimum absolute atomic E-state index is 0.170. The zero-order valence-corrected chi connectivity index (χ0v) is 16.4. The number of nitrogens with zero attached hydrogens (tertiary/aromatic N) is 4. The number of piperidine rings is 1. The average Bonchev–Trinajstić information content (AvgIpc) is 3.06. The summed E-state index contributed by atoms with van der Waals surface area (Å²) < 4.78 is 7.21. The first-order valence-corrected chi connectivity index (χ1v) is 9.61. The van der Waals surface area contributed by atoms with E-state index in [4.69, 9.17) is 27.9 Å². The second kappa shape index (κ2) is 8.37. The number of likely N-dealkylation sites (tertiary alicyclic amines) is 1. The molecule has 0 N–H and O–H groups in total. The number of aryl methyl sites for hydroxylation is 1. The highest BCUT2D eigenvalue weighted by Crippen LogP contribution is 2.29. The van der Waals surface area contributed by atoms with E-state index in [-0.39, 0.29) is 17.8 Å². The van der Waals surface area contributed by atoms with Crippen LogP contribution in [0.15, 0.2) is 18.2 Å². The molecule has 26 heavy (non-hydrogen) atoms. The molecule has 0 spiro atoms. The van der Waals surface area contributed by atoms with Gasteiger partial charge in [0.1, 0.15) is 11.5 Å². The predicted molar refractivity (Wildman–Crippen MR) is 101 cm³/mol. The number of rotatable bonds is 5. The SMILES string of the molecule is CCOC1CCN(C(=O)c2nc(CC)n(-c3c(Cl)cccc3Cl)n2)CC1. The first-order chi connectivity index (χ1) is 12.5. The fraction of sp³-hybridized carbons (Fsp3) is 0.500. The Morgan fingerprint density at radius 2 is 1.88 bits per heavy atom. The number of para-hydroxylation sites is 1. The van der Waals surface area contributed by atoms with Gasteiger partial charge >= 0.3 is 0 Å². The molecule has 1 aliphatic heterocycles. The van der Waals surface area contributed by atoms with Crippen molar-refractivity contribution in [3.63, 3.8) is 0 Å². The van der Waals surface area contributed by atoms with Crippen molar-refractivity contribution in [2.24, 2.45) is 0 Å². The predicted octanol–water partition coefficient (Wildman–Crippen LogP) is 3.78. The van der Waals surface area contributed by atoms with Crippen LogP contribution in [0, 0.1) is 0 Å². The molecule has 1 amide bonds. The molecular formula is C18H22Cl2N4O2. The summed E-state index contributed by atoms with van der Waals surface area (Å²) in [6.07, 6.45) is 2.49. The maximum atomic E-state index is 12.8. The van der Waals surface area contributed by atoms with E-state index in [9.17, 15) is 4.79 Å². The molecule has 0 radical (unpaired) electrons.